The van der Waals surface area contributed by atoms with Crippen molar-refractivity contribution in [3.05, 3.63) is 65.9 Å². The van der Waals surface area contributed by atoms with Gasteiger partial charge in [0.1, 0.15) is 5.54 Å². The minimum Gasteiger partial charge on any atom is -0.481 e. The molecule has 0 bridgehead atoms. The third kappa shape index (κ3) is 5.32. The molecular weight excluding hydrogens is 468 g/mol. The minimum atomic E-state index is -0.871. The van der Waals surface area contributed by atoms with Crippen LogP contribution in [0.2, 0.25) is 0 Å². The second-order valence-electron chi connectivity index (χ2n) is 10.2. The van der Waals surface area contributed by atoms with Crippen molar-refractivity contribution in [3.63, 3.8) is 0 Å². The SMILES string of the molecule is COC(=O)C1(NC[C@@H](O)c2ccnc3ccc(OC)nc23)CCCN(C2CC(c3ccccc3)C2)CC1. The van der Waals surface area contributed by atoms with Crippen LogP contribution in [0.1, 0.15) is 55.3 Å². The van der Waals surface area contributed by atoms with Gasteiger partial charge in [-0.3, -0.25) is 15.1 Å². The number of esters is 1. The molecule has 0 spiro atoms. The van der Waals surface area contributed by atoms with Crippen LogP contribution in [0, 0.1) is 0 Å². The van der Waals surface area contributed by atoms with E-state index in [9.17, 15) is 9.90 Å². The average molecular weight is 505 g/mol. The van der Waals surface area contributed by atoms with Crippen LogP contribution in [-0.2, 0) is 9.53 Å². The topological polar surface area (TPSA) is 96.8 Å². The predicted octanol–water partition coefficient (Wildman–Crippen LogP) is 3.61. The second kappa shape index (κ2) is 11.1. The van der Waals surface area contributed by atoms with E-state index in [0.29, 0.717) is 47.3 Å². The van der Waals surface area contributed by atoms with Gasteiger partial charge in [0.05, 0.1) is 31.4 Å². The predicted molar refractivity (Wildman–Crippen MR) is 141 cm³/mol. The van der Waals surface area contributed by atoms with Crippen LogP contribution in [-0.4, -0.2) is 71.4 Å². The van der Waals surface area contributed by atoms with Gasteiger partial charge in [-0.1, -0.05) is 30.3 Å². The normalized spacial score (nSPS) is 25.2. The standard InChI is InChI=1S/C29H36N4O4/c1-36-26-10-9-24-27(32-26)23(11-14-30-24)25(34)19-31-29(28(35)37-2)12-6-15-33(16-13-29)22-17-21(18-22)20-7-4-3-5-8-20/h3-5,7-11,14,21-22,25,31,34H,6,12-13,15-19H2,1-2H3/t21?,22?,25-,29?/m1/s1. The van der Waals surface area contributed by atoms with Crippen LogP contribution in [0.25, 0.3) is 11.0 Å². The first-order valence-corrected chi connectivity index (χ1v) is 13.1. The van der Waals surface area contributed by atoms with E-state index in [1.54, 1.807) is 25.4 Å². The molecule has 5 rings (SSSR count). The number of nitrogens with one attached hydrogen (secondary N) is 1. The number of aliphatic hydroxyl groups is 1. The van der Waals surface area contributed by atoms with Crippen LogP contribution >= 0.6 is 0 Å². The Balaban J connectivity index is 1.25. The van der Waals surface area contributed by atoms with Gasteiger partial charge < -0.3 is 19.5 Å². The molecule has 0 radical (unpaired) electrons. The maximum atomic E-state index is 13.1. The molecule has 196 valence electrons. The summed E-state index contributed by atoms with van der Waals surface area (Å²) in [5.41, 5.74) is 2.51. The molecule has 8 heteroatoms. The molecule has 3 aromatic rings. The number of aromatic nitrogens is 2. The Morgan fingerprint density at radius 1 is 1.14 bits per heavy atom. The lowest BCUT2D eigenvalue weighted by Crippen LogP contribution is -2.54. The van der Waals surface area contributed by atoms with E-state index in [4.69, 9.17) is 9.47 Å². The molecule has 1 saturated heterocycles. The molecule has 1 aromatic carbocycles. The molecule has 1 saturated carbocycles. The third-order valence-electron chi connectivity index (χ3n) is 8.14. The zero-order valence-electron chi connectivity index (χ0n) is 21.6. The summed E-state index contributed by atoms with van der Waals surface area (Å²) in [6.45, 7) is 1.99. The first-order chi connectivity index (χ1) is 18.0. The van der Waals surface area contributed by atoms with Crippen LogP contribution in [0.4, 0.5) is 0 Å². The smallest absolute Gasteiger partial charge is 0.326 e. The molecule has 3 heterocycles. The van der Waals surface area contributed by atoms with Crippen molar-refractivity contribution < 1.29 is 19.4 Å². The van der Waals surface area contributed by atoms with Crippen molar-refractivity contribution in [2.24, 2.45) is 0 Å². The van der Waals surface area contributed by atoms with Crippen LogP contribution < -0.4 is 10.1 Å². The Labute approximate surface area is 218 Å². The van der Waals surface area contributed by atoms with Crippen LogP contribution in [0.5, 0.6) is 5.88 Å². The fourth-order valence-corrected chi connectivity index (χ4v) is 5.86. The molecular formula is C29H36N4O4. The Kier molecular flexibility index (Phi) is 7.69. The quantitative estimate of drug-likeness (QED) is 0.449. The van der Waals surface area contributed by atoms with E-state index in [1.165, 1.54) is 12.7 Å². The summed E-state index contributed by atoms with van der Waals surface area (Å²) < 4.78 is 10.5. The number of benzene rings is 1. The summed E-state index contributed by atoms with van der Waals surface area (Å²) in [7, 11) is 3.00. The number of ether oxygens (including phenoxy) is 2. The lowest BCUT2D eigenvalue weighted by atomic mass is 9.75. The molecule has 1 aliphatic heterocycles. The average Bonchev–Trinajstić information content (AvgIpc) is 3.14. The highest BCUT2D eigenvalue weighted by atomic mass is 16.5. The molecule has 2 aliphatic rings. The van der Waals surface area contributed by atoms with Gasteiger partial charge in [-0.15, -0.1) is 0 Å². The maximum Gasteiger partial charge on any atom is 0.326 e. The third-order valence-corrected chi connectivity index (χ3v) is 8.14. The van der Waals surface area contributed by atoms with Gasteiger partial charge >= 0.3 is 5.97 Å². The zero-order chi connectivity index (χ0) is 25.8. The highest BCUT2D eigenvalue weighted by Crippen LogP contribution is 2.41. The van der Waals surface area contributed by atoms with E-state index < -0.39 is 11.6 Å². The van der Waals surface area contributed by atoms with Gasteiger partial charge in [-0.2, -0.15) is 0 Å². The van der Waals surface area contributed by atoms with E-state index in [0.717, 1.165) is 32.4 Å². The van der Waals surface area contributed by atoms with Crippen molar-refractivity contribution in [2.45, 2.75) is 55.7 Å². The lowest BCUT2D eigenvalue weighted by Gasteiger charge is -2.43. The van der Waals surface area contributed by atoms with Crippen molar-refractivity contribution in [1.82, 2.24) is 20.2 Å². The van der Waals surface area contributed by atoms with Crippen molar-refractivity contribution >= 4 is 17.0 Å². The summed E-state index contributed by atoms with van der Waals surface area (Å²) in [6.07, 6.45) is 5.31. The second-order valence-corrected chi connectivity index (χ2v) is 10.2. The molecule has 2 atom stereocenters. The zero-order valence-corrected chi connectivity index (χ0v) is 21.6. The van der Waals surface area contributed by atoms with Crippen molar-refractivity contribution in [3.8, 4) is 5.88 Å². The fourth-order valence-electron chi connectivity index (χ4n) is 5.86. The summed E-state index contributed by atoms with van der Waals surface area (Å²) in [5, 5.41) is 14.6. The molecule has 37 heavy (non-hydrogen) atoms. The largest absolute Gasteiger partial charge is 0.481 e. The number of β-amino-alcohol motifs (C(OH)–C–C–N with tert-alkyl or cyclic N) is 1. The van der Waals surface area contributed by atoms with E-state index >= 15 is 0 Å². The Morgan fingerprint density at radius 2 is 1.95 bits per heavy atom. The number of carbonyl (C=O) groups excluding carboxylic acids is 1. The number of hydrogen-bond donors (Lipinski definition) is 2. The van der Waals surface area contributed by atoms with Crippen molar-refractivity contribution in [1.29, 1.82) is 0 Å². The van der Waals surface area contributed by atoms with Crippen LogP contribution in [0.15, 0.2) is 54.7 Å². The monoisotopic (exact) mass is 504 g/mol. The van der Waals surface area contributed by atoms with Gasteiger partial charge in [0, 0.05) is 37.0 Å². The van der Waals surface area contributed by atoms with Gasteiger partial charge in [0.2, 0.25) is 5.88 Å². The molecule has 2 fully saturated rings. The lowest BCUT2D eigenvalue weighted by molar-refractivity contribution is -0.149. The van der Waals surface area contributed by atoms with Crippen molar-refractivity contribution in [2.75, 3.05) is 33.9 Å². The fraction of sp³-hybridized carbons (Fsp3) is 0.483. The number of rotatable bonds is 8. The number of carbonyl (C=O) groups is 1. The maximum absolute atomic E-state index is 13.1. The number of nitrogens with zero attached hydrogens (tertiary/aromatic N) is 3. The van der Waals surface area contributed by atoms with Gasteiger partial charge in [-0.05, 0) is 62.3 Å². The summed E-state index contributed by atoms with van der Waals surface area (Å²) in [5.74, 6) is 0.814. The molecule has 2 N–H and O–H groups in total. The molecule has 2 aromatic heterocycles. The number of pyridine rings is 2. The van der Waals surface area contributed by atoms with E-state index in [2.05, 4.69) is 50.5 Å². The highest BCUT2D eigenvalue weighted by molar-refractivity contribution is 5.81. The van der Waals surface area contributed by atoms with Crippen LogP contribution in [0.3, 0.4) is 0 Å². The summed E-state index contributed by atoms with van der Waals surface area (Å²) in [4.78, 5) is 24.4. The molecule has 1 unspecified atom stereocenters. The van der Waals surface area contributed by atoms with Gasteiger partial charge in [0.15, 0.2) is 0 Å². The Morgan fingerprint density at radius 3 is 2.70 bits per heavy atom. The molecule has 8 nitrogen and oxygen atoms in total. The first kappa shape index (κ1) is 25.6. The summed E-state index contributed by atoms with van der Waals surface area (Å²) in [6, 6.07) is 16.6. The first-order valence-electron chi connectivity index (χ1n) is 13.1. The number of methoxy groups -OCH3 is 2. The molecule has 0 amide bonds. The van der Waals surface area contributed by atoms with Gasteiger partial charge in [-0.25, -0.2) is 4.98 Å². The molecule has 1 aliphatic carbocycles. The minimum absolute atomic E-state index is 0.201. The summed E-state index contributed by atoms with van der Waals surface area (Å²) >= 11 is 0. The number of hydrogen-bond acceptors (Lipinski definition) is 8. The number of likely N-dealkylation sites (tertiary alicyclic amines) is 1. The van der Waals surface area contributed by atoms with E-state index in [-0.39, 0.29) is 12.5 Å². The Hall–Kier alpha value is -3.07. The highest BCUT2D eigenvalue weighted by Gasteiger charge is 2.43. The Bertz CT molecular complexity index is 1220. The van der Waals surface area contributed by atoms with E-state index in [1.807, 2.05) is 6.07 Å². The number of fused-ring (bicyclic) bond motifs is 1. The number of aliphatic hydroxyl groups excluding tert-OH is 1. The van der Waals surface area contributed by atoms with Gasteiger partial charge in [0.25, 0.3) is 0 Å².